The lowest BCUT2D eigenvalue weighted by Gasteiger charge is -2.23. The van der Waals surface area contributed by atoms with E-state index in [2.05, 4.69) is 21.5 Å². The Labute approximate surface area is 150 Å². The number of amides is 1. The van der Waals surface area contributed by atoms with Gasteiger partial charge in [-0.05, 0) is 38.6 Å². The molecule has 1 aliphatic heterocycles. The van der Waals surface area contributed by atoms with E-state index in [9.17, 15) is 4.79 Å². The van der Waals surface area contributed by atoms with Crippen LogP contribution in [0.3, 0.4) is 0 Å². The summed E-state index contributed by atoms with van der Waals surface area (Å²) in [6.07, 6.45) is 13.9. The minimum Gasteiger partial charge on any atom is -0.378 e. The van der Waals surface area contributed by atoms with Crippen molar-refractivity contribution in [1.29, 1.82) is 0 Å². The number of ether oxygens (including phenoxy) is 1. The molecule has 0 aromatic carbocycles. The van der Waals surface area contributed by atoms with Gasteiger partial charge in [-0.1, -0.05) is 19.3 Å². The molecule has 6 heteroatoms. The smallest absolute Gasteiger partial charge is 0.234 e. The molecule has 6 nitrogen and oxygen atoms in total. The zero-order valence-electron chi connectivity index (χ0n) is 15.5. The molecule has 1 aromatic rings. The van der Waals surface area contributed by atoms with Crippen molar-refractivity contribution in [2.75, 3.05) is 26.2 Å². The Bertz CT molecular complexity index is 539. The van der Waals surface area contributed by atoms with Gasteiger partial charge in [0.05, 0.1) is 18.8 Å². The number of rotatable bonds is 8. The highest BCUT2D eigenvalue weighted by molar-refractivity contribution is 5.78. The summed E-state index contributed by atoms with van der Waals surface area (Å²) in [4.78, 5) is 14.5. The van der Waals surface area contributed by atoms with E-state index in [1.807, 2.05) is 17.9 Å². The Hall–Kier alpha value is -1.40. The summed E-state index contributed by atoms with van der Waals surface area (Å²) in [7, 11) is 1.94. The van der Waals surface area contributed by atoms with Gasteiger partial charge in [0.15, 0.2) is 0 Å². The fraction of sp³-hybridized carbons (Fsp3) is 0.789. The first-order valence-corrected chi connectivity index (χ1v) is 9.83. The van der Waals surface area contributed by atoms with Crippen molar-refractivity contribution >= 4 is 5.91 Å². The minimum atomic E-state index is 0.119. The number of nitrogens with one attached hydrogen (secondary N) is 1. The van der Waals surface area contributed by atoms with Crippen molar-refractivity contribution in [3.8, 4) is 0 Å². The molecule has 1 aliphatic carbocycles. The number of hydrogen-bond donors (Lipinski definition) is 1. The molecule has 3 rings (SSSR count). The quantitative estimate of drug-likeness (QED) is 0.733. The maximum Gasteiger partial charge on any atom is 0.234 e. The third-order valence-electron chi connectivity index (χ3n) is 5.37. The molecule has 2 heterocycles. The van der Waals surface area contributed by atoms with E-state index < -0.39 is 0 Å². The summed E-state index contributed by atoms with van der Waals surface area (Å²) in [6.45, 7) is 2.92. The summed E-state index contributed by atoms with van der Waals surface area (Å²) >= 11 is 0. The normalized spacial score (nSPS) is 22.4. The molecule has 1 saturated heterocycles. The van der Waals surface area contributed by atoms with E-state index in [0.29, 0.717) is 25.2 Å². The predicted octanol–water partition coefficient (Wildman–Crippen LogP) is 2.41. The van der Waals surface area contributed by atoms with E-state index in [0.717, 1.165) is 32.4 Å². The van der Waals surface area contributed by atoms with Crippen molar-refractivity contribution in [3.05, 3.63) is 18.0 Å². The maximum atomic E-state index is 12.2. The predicted molar refractivity (Wildman–Crippen MR) is 97.2 cm³/mol. The topological polar surface area (TPSA) is 59.4 Å². The molecule has 1 amide bonds. The highest BCUT2D eigenvalue weighted by atomic mass is 16.5. The van der Waals surface area contributed by atoms with Crippen LogP contribution in [-0.4, -0.2) is 52.9 Å². The van der Waals surface area contributed by atoms with E-state index in [1.54, 1.807) is 0 Å². The molecule has 2 fully saturated rings. The van der Waals surface area contributed by atoms with Crippen LogP contribution < -0.4 is 5.32 Å². The first-order valence-electron chi connectivity index (χ1n) is 9.83. The Morgan fingerprint density at radius 1 is 1.28 bits per heavy atom. The minimum absolute atomic E-state index is 0.119. The highest BCUT2D eigenvalue weighted by Crippen LogP contribution is 2.30. The van der Waals surface area contributed by atoms with Crippen LogP contribution in [0.15, 0.2) is 12.4 Å². The summed E-state index contributed by atoms with van der Waals surface area (Å²) in [5.74, 6) is 0.119. The first kappa shape index (κ1) is 18.4. The fourth-order valence-electron chi connectivity index (χ4n) is 4.03. The van der Waals surface area contributed by atoms with Crippen molar-refractivity contribution < 1.29 is 9.53 Å². The SMILES string of the molecule is Cn1cc([C@H]2CCCN2CC(=O)NCCCOC2CCCCC2)cn1. The van der Waals surface area contributed by atoms with Crippen LogP contribution in [0.2, 0.25) is 0 Å². The molecule has 0 radical (unpaired) electrons. The van der Waals surface area contributed by atoms with Gasteiger partial charge in [0.25, 0.3) is 0 Å². The lowest BCUT2D eigenvalue weighted by atomic mass is 9.98. The lowest BCUT2D eigenvalue weighted by Crippen LogP contribution is -2.37. The zero-order valence-corrected chi connectivity index (χ0v) is 15.5. The molecule has 1 saturated carbocycles. The third-order valence-corrected chi connectivity index (χ3v) is 5.37. The van der Waals surface area contributed by atoms with Crippen LogP contribution in [-0.2, 0) is 16.6 Å². The fourth-order valence-corrected chi connectivity index (χ4v) is 4.03. The number of aromatic nitrogens is 2. The van der Waals surface area contributed by atoms with Crippen molar-refractivity contribution in [2.24, 2.45) is 7.05 Å². The van der Waals surface area contributed by atoms with Gasteiger partial charge in [-0.15, -0.1) is 0 Å². The van der Waals surface area contributed by atoms with E-state index >= 15 is 0 Å². The van der Waals surface area contributed by atoms with Crippen LogP contribution >= 0.6 is 0 Å². The average molecular weight is 348 g/mol. The largest absolute Gasteiger partial charge is 0.378 e. The number of aryl methyl sites for hydroxylation is 1. The van der Waals surface area contributed by atoms with Crippen molar-refractivity contribution in [1.82, 2.24) is 20.0 Å². The number of hydrogen-bond acceptors (Lipinski definition) is 4. The van der Waals surface area contributed by atoms with Crippen molar-refractivity contribution in [2.45, 2.75) is 63.5 Å². The van der Waals surface area contributed by atoms with Crippen LogP contribution in [0.25, 0.3) is 0 Å². The number of likely N-dealkylation sites (tertiary alicyclic amines) is 1. The second-order valence-corrected chi connectivity index (χ2v) is 7.41. The van der Waals surface area contributed by atoms with Gasteiger partial charge in [0.1, 0.15) is 0 Å². The molecule has 140 valence electrons. The zero-order chi connectivity index (χ0) is 17.5. The van der Waals surface area contributed by atoms with Gasteiger partial charge in [-0.3, -0.25) is 14.4 Å². The van der Waals surface area contributed by atoms with Crippen LogP contribution in [0.5, 0.6) is 0 Å². The monoisotopic (exact) mass is 348 g/mol. The molecular formula is C19H32N4O2. The molecule has 0 unspecified atom stereocenters. The van der Waals surface area contributed by atoms with Crippen LogP contribution in [0.1, 0.15) is 63.0 Å². The van der Waals surface area contributed by atoms with Gasteiger partial charge in [0.2, 0.25) is 5.91 Å². The lowest BCUT2D eigenvalue weighted by molar-refractivity contribution is -0.122. The number of carbonyl (C=O) groups is 1. The molecule has 25 heavy (non-hydrogen) atoms. The highest BCUT2D eigenvalue weighted by Gasteiger charge is 2.28. The van der Waals surface area contributed by atoms with Gasteiger partial charge >= 0.3 is 0 Å². The van der Waals surface area contributed by atoms with E-state index in [4.69, 9.17) is 4.74 Å². The maximum absolute atomic E-state index is 12.2. The summed E-state index contributed by atoms with van der Waals surface area (Å²) in [6, 6.07) is 0.328. The molecule has 2 aliphatic rings. The molecule has 0 bridgehead atoms. The van der Waals surface area contributed by atoms with Gasteiger partial charge in [0, 0.05) is 38.0 Å². The Morgan fingerprint density at radius 3 is 2.88 bits per heavy atom. The van der Waals surface area contributed by atoms with Gasteiger partial charge in [-0.25, -0.2) is 0 Å². The average Bonchev–Trinajstić information content (AvgIpc) is 3.24. The summed E-state index contributed by atoms with van der Waals surface area (Å²) < 4.78 is 7.74. The molecular weight excluding hydrogens is 316 g/mol. The van der Waals surface area contributed by atoms with Gasteiger partial charge < -0.3 is 10.1 Å². The standard InChI is InChI=1S/C19H32N4O2/c1-22-14-16(13-21-22)18-9-5-11-23(18)15-19(24)20-10-6-12-25-17-7-3-2-4-8-17/h13-14,17-18H,2-12,15H2,1H3,(H,20,24)/t18-/m1/s1. The Balaban J connectivity index is 1.32. The van der Waals surface area contributed by atoms with Crippen molar-refractivity contribution in [3.63, 3.8) is 0 Å². The Morgan fingerprint density at radius 2 is 2.12 bits per heavy atom. The van der Waals surface area contributed by atoms with E-state index in [1.165, 1.54) is 37.7 Å². The second-order valence-electron chi connectivity index (χ2n) is 7.41. The Kier molecular flexibility index (Phi) is 6.87. The first-order chi connectivity index (χ1) is 12.2. The number of carbonyl (C=O) groups excluding carboxylic acids is 1. The second kappa shape index (κ2) is 9.34. The summed E-state index contributed by atoms with van der Waals surface area (Å²) in [5.41, 5.74) is 1.22. The molecule has 1 N–H and O–H groups in total. The van der Waals surface area contributed by atoms with E-state index in [-0.39, 0.29) is 5.91 Å². The van der Waals surface area contributed by atoms with Crippen LogP contribution in [0, 0.1) is 0 Å². The molecule has 0 spiro atoms. The molecule has 1 atom stereocenters. The van der Waals surface area contributed by atoms with Crippen LogP contribution in [0.4, 0.5) is 0 Å². The third kappa shape index (κ3) is 5.54. The van der Waals surface area contributed by atoms with Gasteiger partial charge in [-0.2, -0.15) is 5.10 Å². The molecule has 1 aromatic heterocycles. The number of nitrogens with zero attached hydrogens (tertiary/aromatic N) is 3. The summed E-state index contributed by atoms with van der Waals surface area (Å²) in [5, 5.41) is 7.30.